The molecule has 2 rings (SSSR count). The highest BCUT2D eigenvalue weighted by Crippen LogP contribution is 2.30. The van der Waals surface area contributed by atoms with Gasteiger partial charge in [-0.05, 0) is 50.4 Å². The summed E-state index contributed by atoms with van der Waals surface area (Å²) in [5.74, 6) is 0.730. The van der Waals surface area contributed by atoms with Crippen LogP contribution < -0.4 is 5.32 Å². The van der Waals surface area contributed by atoms with Gasteiger partial charge in [0.25, 0.3) is 0 Å². The molecule has 0 aromatic carbocycles. The van der Waals surface area contributed by atoms with E-state index in [-0.39, 0.29) is 0 Å². The third-order valence-electron chi connectivity index (χ3n) is 3.79. The molecule has 1 aromatic heterocycles. The van der Waals surface area contributed by atoms with Crippen LogP contribution in [0.2, 0.25) is 0 Å². The molecule has 0 unspecified atom stereocenters. The van der Waals surface area contributed by atoms with Crippen LogP contribution in [0.5, 0.6) is 0 Å². The fourth-order valence-electron chi connectivity index (χ4n) is 2.48. The van der Waals surface area contributed by atoms with Crippen LogP contribution in [-0.2, 0) is 13.1 Å². The smallest absolute Gasteiger partial charge is 0.0330 e. The Balaban J connectivity index is 1.78. The van der Waals surface area contributed by atoms with Gasteiger partial charge < -0.3 is 5.32 Å². The molecule has 0 bridgehead atoms. The maximum absolute atomic E-state index is 3.53. The Morgan fingerprint density at radius 2 is 2.05 bits per heavy atom. The first kappa shape index (κ1) is 16.0. The Bertz CT molecular complexity index is 382. The van der Waals surface area contributed by atoms with Crippen molar-refractivity contribution in [2.24, 2.45) is 5.92 Å². The fourth-order valence-corrected chi connectivity index (χ4v) is 3.49. The molecule has 1 aliphatic carbocycles. The Morgan fingerprint density at radius 3 is 2.70 bits per heavy atom. The topological polar surface area (TPSA) is 15.3 Å². The molecule has 20 heavy (non-hydrogen) atoms. The van der Waals surface area contributed by atoms with Crippen molar-refractivity contribution >= 4 is 11.3 Å². The van der Waals surface area contributed by atoms with Gasteiger partial charge in [0.2, 0.25) is 0 Å². The van der Waals surface area contributed by atoms with Crippen LogP contribution in [0.4, 0.5) is 0 Å². The maximum Gasteiger partial charge on any atom is 0.0330 e. The lowest BCUT2D eigenvalue weighted by Crippen LogP contribution is -2.26. The first-order valence-corrected chi connectivity index (χ1v) is 9.03. The molecule has 2 nitrogen and oxygen atoms in total. The molecule has 114 valence electrons. The monoisotopic (exact) mass is 294 g/mol. The molecule has 1 fully saturated rings. The number of unbranched alkanes of at least 4 members (excludes halogenated alkanes) is 1. The Kier molecular flexibility index (Phi) is 6.53. The zero-order valence-corrected chi connectivity index (χ0v) is 14.1. The minimum atomic E-state index is 0.730. The van der Waals surface area contributed by atoms with Gasteiger partial charge in [-0.1, -0.05) is 27.2 Å². The van der Waals surface area contributed by atoms with Crippen molar-refractivity contribution in [3.63, 3.8) is 0 Å². The molecule has 0 aliphatic heterocycles. The highest BCUT2D eigenvalue weighted by Gasteiger charge is 2.28. The predicted molar refractivity (Wildman–Crippen MR) is 89.2 cm³/mol. The summed E-state index contributed by atoms with van der Waals surface area (Å²) in [6.07, 6.45) is 5.47. The summed E-state index contributed by atoms with van der Waals surface area (Å²) in [5.41, 5.74) is 0. The molecule has 0 spiro atoms. The lowest BCUT2D eigenvalue weighted by molar-refractivity contribution is 0.253. The number of thiophene rings is 1. The second-order valence-electron chi connectivity index (χ2n) is 6.45. The number of nitrogens with zero attached hydrogens (tertiary/aromatic N) is 1. The average molecular weight is 295 g/mol. The summed E-state index contributed by atoms with van der Waals surface area (Å²) < 4.78 is 0. The van der Waals surface area contributed by atoms with E-state index in [2.05, 4.69) is 43.1 Å². The second-order valence-corrected chi connectivity index (χ2v) is 7.70. The zero-order chi connectivity index (χ0) is 14.4. The molecule has 0 amide bonds. The lowest BCUT2D eigenvalue weighted by Gasteiger charge is -2.20. The molecule has 1 aromatic rings. The van der Waals surface area contributed by atoms with E-state index in [1.165, 1.54) is 48.5 Å². The minimum Gasteiger partial charge on any atom is -0.312 e. The Morgan fingerprint density at radius 1 is 1.30 bits per heavy atom. The summed E-state index contributed by atoms with van der Waals surface area (Å²) in [6.45, 7) is 11.4. The van der Waals surface area contributed by atoms with E-state index in [9.17, 15) is 0 Å². The first-order chi connectivity index (χ1) is 9.69. The largest absolute Gasteiger partial charge is 0.312 e. The Hall–Kier alpha value is -0.380. The highest BCUT2D eigenvalue weighted by molar-refractivity contribution is 7.11. The van der Waals surface area contributed by atoms with Gasteiger partial charge in [-0.3, -0.25) is 4.90 Å². The van der Waals surface area contributed by atoms with Gasteiger partial charge in [-0.2, -0.15) is 0 Å². The normalized spacial score (nSPS) is 15.4. The third kappa shape index (κ3) is 5.55. The summed E-state index contributed by atoms with van der Waals surface area (Å²) in [6, 6.07) is 5.52. The van der Waals surface area contributed by atoms with Gasteiger partial charge in [-0.25, -0.2) is 0 Å². The van der Waals surface area contributed by atoms with Crippen LogP contribution in [-0.4, -0.2) is 24.0 Å². The Labute approximate surface area is 128 Å². The molecule has 1 aliphatic rings. The minimum absolute atomic E-state index is 0.730. The van der Waals surface area contributed by atoms with Crippen molar-refractivity contribution in [3.05, 3.63) is 21.9 Å². The molecule has 1 saturated carbocycles. The van der Waals surface area contributed by atoms with E-state index in [1.807, 2.05) is 11.3 Å². The van der Waals surface area contributed by atoms with E-state index in [0.29, 0.717) is 0 Å². The van der Waals surface area contributed by atoms with Crippen molar-refractivity contribution in [3.8, 4) is 0 Å². The van der Waals surface area contributed by atoms with E-state index in [0.717, 1.165) is 25.0 Å². The average Bonchev–Trinajstić information content (AvgIpc) is 3.16. The fraction of sp³-hybridized carbons (Fsp3) is 0.765. The van der Waals surface area contributed by atoms with Gasteiger partial charge in [0.1, 0.15) is 0 Å². The van der Waals surface area contributed by atoms with Crippen molar-refractivity contribution in [1.29, 1.82) is 0 Å². The molecule has 0 saturated heterocycles. The van der Waals surface area contributed by atoms with Crippen molar-refractivity contribution in [2.45, 2.75) is 65.6 Å². The SMILES string of the molecule is CCCCN(Cc1ccc(CNCC(C)C)s1)C1CC1. The number of hydrogen-bond donors (Lipinski definition) is 1. The number of hydrogen-bond acceptors (Lipinski definition) is 3. The van der Waals surface area contributed by atoms with E-state index >= 15 is 0 Å². The molecule has 0 atom stereocenters. The van der Waals surface area contributed by atoms with E-state index < -0.39 is 0 Å². The summed E-state index contributed by atoms with van der Waals surface area (Å²) >= 11 is 1.99. The van der Waals surface area contributed by atoms with Gasteiger partial charge in [0, 0.05) is 28.9 Å². The van der Waals surface area contributed by atoms with Crippen LogP contribution in [0, 0.1) is 5.92 Å². The van der Waals surface area contributed by atoms with Crippen molar-refractivity contribution < 1.29 is 0 Å². The number of nitrogens with one attached hydrogen (secondary N) is 1. The van der Waals surface area contributed by atoms with Crippen LogP contribution in [0.15, 0.2) is 12.1 Å². The third-order valence-corrected chi connectivity index (χ3v) is 4.86. The maximum atomic E-state index is 3.53. The molecule has 1 N–H and O–H groups in total. The summed E-state index contributed by atoms with van der Waals surface area (Å²) in [4.78, 5) is 5.71. The summed E-state index contributed by atoms with van der Waals surface area (Å²) in [5, 5.41) is 3.53. The molecule has 0 radical (unpaired) electrons. The van der Waals surface area contributed by atoms with Gasteiger partial charge in [0.15, 0.2) is 0 Å². The molecular formula is C17H30N2S. The standard InChI is InChI=1S/C17H30N2S/c1-4-5-10-19(15-6-7-15)13-17-9-8-16(20-17)12-18-11-14(2)3/h8-9,14-15,18H,4-7,10-13H2,1-3H3. The van der Waals surface area contributed by atoms with Crippen molar-refractivity contribution in [2.75, 3.05) is 13.1 Å². The van der Waals surface area contributed by atoms with E-state index in [4.69, 9.17) is 0 Å². The summed E-state index contributed by atoms with van der Waals surface area (Å²) in [7, 11) is 0. The quantitative estimate of drug-likeness (QED) is 0.693. The van der Waals surface area contributed by atoms with E-state index in [1.54, 1.807) is 0 Å². The highest BCUT2D eigenvalue weighted by atomic mass is 32.1. The molecule has 1 heterocycles. The lowest BCUT2D eigenvalue weighted by atomic mass is 10.2. The first-order valence-electron chi connectivity index (χ1n) is 8.21. The van der Waals surface area contributed by atoms with Crippen LogP contribution in [0.25, 0.3) is 0 Å². The van der Waals surface area contributed by atoms with Gasteiger partial charge >= 0.3 is 0 Å². The van der Waals surface area contributed by atoms with Gasteiger partial charge in [0.05, 0.1) is 0 Å². The van der Waals surface area contributed by atoms with Crippen LogP contribution >= 0.6 is 11.3 Å². The van der Waals surface area contributed by atoms with Crippen LogP contribution in [0.1, 0.15) is 56.2 Å². The molecular weight excluding hydrogens is 264 g/mol. The second kappa shape index (κ2) is 8.16. The van der Waals surface area contributed by atoms with Gasteiger partial charge in [-0.15, -0.1) is 11.3 Å². The molecule has 3 heteroatoms. The number of rotatable bonds is 10. The zero-order valence-electron chi connectivity index (χ0n) is 13.3. The van der Waals surface area contributed by atoms with Crippen LogP contribution in [0.3, 0.4) is 0 Å². The predicted octanol–water partition coefficient (Wildman–Crippen LogP) is 4.26. The van der Waals surface area contributed by atoms with Crippen molar-refractivity contribution in [1.82, 2.24) is 10.2 Å².